The number of aromatic nitrogens is 1. The number of thiophene rings is 1. The molecule has 1 atom stereocenters. The number of pyridine rings is 1. The molecule has 1 amide bonds. The summed E-state index contributed by atoms with van der Waals surface area (Å²) >= 11 is 1.39. The van der Waals surface area contributed by atoms with Crippen molar-refractivity contribution in [1.82, 2.24) is 10.3 Å². The zero-order valence-electron chi connectivity index (χ0n) is 28.9. The fraction of sp³-hybridized carbons (Fsp3) is 0.410. The lowest BCUT2D eigenvalue weighted by atomic mass is 9.81. The molecule has 2 aromatic heterocycles. The van der Waals surface area contributed by atoms with Gasteiger partial charge in [0.2, 0.25) is 0 Å². The van der Waals surface area contributed by atoms with Crippen LogP contribution in [0.15, 0.2) is 60.0 Å². The molecule has 4 aromatic rings. The number of aliphatic carboxylic acids is 1. The van der Waals surface area contributed by atoms with E-state index in [1.807, 2.05) is 70.3 Å². The second-order valence-electron chi connectivity index (χ2n) is 14.5. The number of amides is 1. The predicted molar refractivity (Wildman–Crippen MR) is 190 cm³/mol. The molecule has 5 rings (SSSR count). The van der Waals surface area contributed by atoms with Crippen LogP contribution >= 0.6 is 11.3 Å². The Bertz CT molecular complexity index is 1760. The number of nitrogens with one attached hydrogen (secondary N) is 1. The van der Waals surface area contributed by atoms with E-state index in [0.29, 0.717) is 29.1 Å². The summed E-state index contributed by atoms with van der Waals surface area (Å²) in [5, 5.41) is 15.4. The van der Waals surface area contributed by atoms with Crippen LogP contribution in [0.2, 0.25) is 0 Å². The van der Waals surface area contributed by atoms with Gasteiger partial charge >= 0.3 is 5.97 Å². The van der Waals surface area contributed by atoms with Crippen molar-refractivity contribution in [3.05, 3.63) is 104 Å². The standard InChI is InChI=1S/C39H46FN3O4S/c1-24-31(33(43-19-17-39(6,7)18-20-43)32(25(2)42-24)34(37(45)46)47-38(3,4)5)28-12-8-27(9-13-28)23-41-36(44)35-29(16-21-48-35)22-26-10-14-30(40)15-11-26/h8-16,21,34H,17-20,22-23H2,1-7H3,(H,41,44)(H,45,46)/t34-/m0/s1. The first kappa shape index (κ1) is 35.2. The number of ether oxygens (including phenoxy) is 1. The zero-order valence-corrected chi connectivity index (χ0v) is 29.8. The lowest BCUT2D eigenvalue weighted by molar-refractivity contribution is -0.160. The normalized spacial score (nSPS) is 15.3. The van der Waals surface area contributed by atoms with Gasteiger partial charge < -0.3 is 20.1 Å². The molecule has 48 heavy (non-hydrogen) atoms. The third-order valence-corrected chi connectivity index (χ3v) is 9.88. The molecular formula is C39H46FN3O4S. The van der Waals surface area contributed by atoms with E-state index in [4.69, 9.17) is 9.72 Å². The van der Waals surface area contributed by atoms with Crippen LogP contribution in [0.5, 0.6) is 0 Å². The molecule has 3 heterocycles. The number of hydrogen-bond acceptors (Lipinski definition) is 6. The number of halogens is 1. The Morgan fingerprint density at radius 3 is 2.23 bits per heavy atom. The minimum Gasteiger partial charge on any atom is -0.479 e. The topological polar surface area (TPSA) is 91.8 Å². The highest BCUT2D eigenvalue weighted by Gasteiger charge is 2.36. The lowest BCUT2D eigenvalue weighted by Gasteiger charge is -2.41. The van der Waals surface area contributed by atoms with Crippen molar-refractivity contribution in [1.29, 1.82) is 0 Å². The predicted octanol–water partition coefficient (Wildman–Crippen LogP) is 8.65. The zero-order chi connectivity index (χ0) is 34.8. The molecular weight excluding hydrogens is 626 g/mol. The van der Waals surface area contributed by atoms with E-state index in [2.05, 4.69) is 24.1 Å². The van der Waals surface area contributed by atoms with Crippen LogP contribution in [0, 0.1) is 25.1 Å². The number of rotatable bonds is 10. The Morgan fingerprint density at radius 1 is 1.00 bits per heavy atom. The molecule has 2 aromatic carbocycles. The summed E-state index contributed by atoms with van der Waals surface area (Å²) in [6.07, 6.45) is 1.34. The van der Waals surface area contributed by atoms with Gasteiger partial charge in [0.25, 0.3) is 5.91 Å². The number of carboxylic acid groups (broad SMARTS) is 1. The van der Waals surface area contributed by atoms with E-state index in [9.17, 15) is 19.1 Å². The molecule has 0 saturated carbocycles. The third kappa shape index (κ3) is 8.31. The van der Waals surface area contributed by atoms with Crippen molar-refractivity contribution in [2.75, 3.05) is 18.0 Å². The number of anilines is 1. The van der Waals surface area contributed by atoms with Crippen LogP contribution in [0.1, 0.15) is 96.9 Å². The van der Waals surface area contributed by atoms with Gasteiger partial charge in [0, 0.05) is 42.1 Å². The molecule has 0 bridgehead atoms. The Morgan fingerprint density at radius 2 is 1.62 bits per heavy atom. The monoisotopic (exact) mass is 671 g/mol. The van der Waals surface area contributed by atoms with Gasteiger partial charge in [-0.1, -0.05) is 50.2 Å². The number of carbonyl (C=O) groups excluding carboxylic acids is 1. The summed E-state index contributed by atoms with van der Waals surface area (Å²) in [6, 6.07) is 16.3. The van der Waals surface area contributed by atoms with Crippen molar-refractivity contribution in [2.24, 2.45) is 5.41 Å². The van der Waals surface area contributed by atoms with Crippen molar-refractivity contribution < 1.29 is 23.8 Å². The summed E-state index contributed by atoms with van der Waals surface area (Å²) in [7, 11) is 0. The number of benzene rings is 2. The van der Waals surface area contributed by atoms with Crippen LogP contribution in [0.25, 0.3) is 11.1 Å². The van der Waals surface area contributed by atoms with Crippen molar-refractivity contribution in [3.8, 4) is 11.1 Å². The maximum absolute atomic E-state index is 13.4. The summed E-state index contributed by atoms with van der Waals surface area (Å²) in [5.74, 6) is -1.47. The number of aryl methyl sites for hydroxylation is 2. The van der Waals surface area contributed by atoms with Gasteiger partial charge in [0.05, 0.1) is 16.2 Å². The van der Waals surface area contributed by atoms with Gasteiger partial charge in [0.15, 0.2) is 6.10 Å². The van der Waals surface area contributed by atoms with E-state index in [1.165, 1.54) is 23.5 Å². The van der Waals surface area contributed by atoms with Gasteiger partial charge in [-0.25, -0.2) is 9.18 Å². The van der Waals surface area contributed by atoms with E-state index in [0.717, 1.165) is 65.1 Å². The highest BCUT2D eigenvalue weighted by molar-refractivity contribution is 7.12. The van der Waals surface area contributed by atoms with Crippen LogP contribution in [0.4, 0.5) is 10.1 Å². The minimum atomic E-state index is -1.18. The fourth-order valence-electron chi connectivity index (χ4n) is 6.30. The van der Waals surface area contributed by atoms with Gasteiger partial charge in [-0.3, -0.25) is 9.78 Å². The van der Waals surface area contributed by atoms with E-state index >= 15 is 0 Å². The Labute approximate surface area is 287 Å². The maximum Gasteiger partial charge on any atom is 0.337 e. The Kier molecular flexibility index (Phi) is 10.4. The molecule has 1 saturated heterocycles. The molecule has 254 valence electrons. The summed E-state index contributed by atoms with van der Waals surface area (Å²) in [6.45, 7) is 15.9. The average molecular weight is 672 g/mol. The van der Waals surface area contributed by atoms with Gasteiger partial charge in [-0.15, -0.1) is 11.3 Å². The quantitative estimate of drug-likeness (QED) is 0.175. The van der Waals surface area contributed by atoms with E-state index in [-0.39, 0.29) is 17.1 Å². The van der Waals surface area contributed by atoms with Gasteiger partial charge in [-0.05, 0) is 105 Å². The molecule has 0 unspecified atom stereocenters. The van der Waals surface area contributed by atoms with Gasteiger partial charge in [-0.2, -0.15) is 0 Å². The molecule has 0 radical (unpaired) electrons. The molecule has 0 aliphatic carbocycles. The highest BCUT2D eigenvalue weighted by atomic mass is 32.1. The first-order chi connectivity index (χ1) is 22.6. The number of hydrogen-bond donors (Lipinski definition) is 2. The number of carbonyl (C=O) groups is 2. The molecule has 1 fully saturated rings. The van der Waals surface area contributed by atoms with Crippen LogP contribution in [-0.4, -0.2) is 40.7 Å². The summed E-state index contributed by atoms with van der Waals surface area (Å²) in [5.41, 5.74) is 7.08. The van der Waals surface area contributed by atoms with Crippen molar-refractivity contribution in [3.63, 3.8) is 0 Å². The molecule has 1 aliphatic rings. The second kappa shape index (κ2) is 14.2. The SMILES string of the molecule is Cc1nc(C)c([C@H](OC(C)(C)C)C(=O)O)c(N2CCC(C)(C)CC2)c1-c1ccc(CNC(=O)c2sccc2Cc2ccc(F)cc2)cc1. The first-order valence-electron chi connectivity index (χ1n) is 16.5. The van der Waals surface area contributed by atoms with Crippen molar-refractivity contribution >= 4 is 28.9 Å². The third-order valence-electron chi connectivity index (χ3n) is 8.93. The van der Waals surface area contributed by atoms with E-state index < -0.39 is 17.7 Å². The Hall–Kier alpha value is -4.08. The average Bonchev–Trinajstić information content (AvgIpc) is 3.48. The second-order valence-corrected chi connectivity index (χ2v) is 15.4. The van der Waals surface area contributed by atoms with Crippen LogP contribution < -0.4 is 10.2 Å². The fourth-order valence-corrected chi connectivity index (χ4v) is 7.14. The van der Waals surface area contributed by atoms with Crippen LogP contribution in [-0.2, 0) is 22.5 Å². The number of nitrogens with zero attached hydrogens (tertiary/aromatic N) is 2. The molecule has 7 nitrogen and oxygen atoms in total. The molecule has 1 aliphatic heterocycles. The van der Waals surface area contributed by atoms with Crippen LogP contribution in [0.3, 0.4) is 0 Å². The molecule has 9 heteroatoms. The maximum atomic E-state index is 13.4. The minimum absolute atomic E-state index is 0.150. The smallest absolute Gasteiger partial charge is 0.337 e. The molecule has 2 N–H and O–H groups in total. The Balaban J connectivity index is 1.43. The van der Waals surface area contributed by atoms with Gasteiger partial charge in [0.1, 0.15) is 5.82 Å². The molecule has 0 spiro atoms. The largest absolute Gasteiger partial charge is 0.479 e. The number of carboxylic acids is 1. The lowest BCUT2D eigenvalue weighted by Crippen LogP contribution is -2.39. The van der Waals surface area contributed by atoms with E-state index in [1.54, 1.807) is 12.1 Å². The highest BCUT2D eigenvalue weighted by Crippen LogP contribution is 2.44. The summed E-state index contributed by atoms with van der Waals surface area (Å²) in [4.78, 5) is 33.8. The first-order valence-corrected chi connectivity index (χ1v) is 17.3. The van der Waals surface area contributed by atoms with Crippen molar-refractivity contribution in [2.45, 2.75) is 86.0 Å². The summed E-state index contributed by atoms with van der Waals surface area (Å²) < 4.78 is 19.6. The number of piperidine rings is 1.